The van der Waals surface area contributed by atoms with Gasteiger partial charge in [-0.05, 0) is 43.7 Å². The van der Waals surface area contributed by atoms with Crippen molar-refractivity contribution in [3.05, 3.63) is 65.7 Å². The van der Waals surface area contributed by atoms with Gasteiger partial charge in [-0.15, -0.1) is 0 Å². The third kappa shape index (κ3) is 13.0. The molecule has 4 amide bonds. The minimum atomic E-state index is -0.436. The van der Waals surface area contributed by atoms with E-state index in [0.717, 1.165) is 75.1 Å². The van der Waals surface area contributed by atoms with Crippen molar-refractivity contribution < 1.29 is 23.9 Å². The number of nitrogens with zero attached hydrogens (tertiary/aromatic N) is 5. The van der Waals surface area contributed by atoms with Gasteiger partial charge in [-0.3, -0.25) is 19.7 Å². The Morgan fingerprint density at radius 1 is 0.863 bits per heavy atom. The van der Waals surface area contributed by atoms with E-state index in [0.29, 0.717) is 42.5 Å². The molecule has 2 aromatic carbocycles. The maximum Gasteiger partial charge on any atom is 0.411 e. The van der Waals surface area contributed by atoms with Crippen molar-refractivity contribution in [2.45, 2.75) is 58.0 Å². The summed E-state index contributed by atoms with van der Waals surface area (Å²) in [5.41, 5.74) is 2.70. The molecule has 0 radical (unpaired) electrons. The van der Waals surface area contributed by atoms with Gasteiger partial charge in [-0.1, -0.05) is 66.3 Å². The van der Waals surface area contributed by atoms with Crippen molar-refractivity contribution in [3.63, 3.8) is 0 Å². The molecule has 2 heterocycles. The molecule has 12 nitrogen and oxygen atoms in total. The Labute approximate surface area is 306 Å². The SMILES string of the molecule is CC(=O)N(C)CCCN(C)C(=O)c1cnc(NCCCCCC(=O)N(C)CCN2CCC(OC(=O)Nc3ccccc3-c3ccccc3)CC2)s1. The maximum absolute atomic E-state index is 12.7. The van der Waals surface area contributed by atoms with Crippen LogP contribution in [0.25, 0.3) is 11.1 Å². The lowest BCUT2D eigenvalue weighted by atomic mass is 10.0. The van der Waals surface area contributed by atoms with E-state index >= 15 is 0 Å². The van der Waals surface area contributed by atoms with Crippen LogP contribution in [0.4, 0.5) is 15.6 Å². The van der Waals surface area contributed by atoms with Gasteiger partial charge in [0.05, 0.1) is 11.9 Å². The Morgan fingerprint density at radius 2 is 1.57 bits per heavy atom. The first-order valence-electron chi connectivity index (χ1n) is 17.9. The van der Waals surface area contributed by atoms with Crippen molar-refractivity contribution >= 4 is 46.0 Å². The summed E-state index contributed by atoms with van der Waals surface area (Å²) >= 11 is 1.34. The predicted octanol–water partition coefficient (Wildman–Crippen LogP) is 5.89. The van der Waals surface area contributed by atoms with Gasteiger partial charge in [0.1, 0.15) is 11.0 Å². The zero-order valence-electron chi connectivity index (χ0n) is 30.4. The molecule has 0 bridgehead atoms. The quantitative estimate of drug-likeness (QED) is 0.156. The molecule has 13 heteroatoms. The van der Waals surface area contributed by atoms with Crippen LogP contribution in [0.5, 0.6) is 0 Å². The number of carbonyl (C=O) groups is 4. The zero-order chi connectivity index (χ0) is 36.6. The van der Waals surface area contributed by atoms with Crippen LogP contribution in [0, 0.1) is 0 Å². The zero-order valence-corrected chi connectivity index (χ0v) is 31.3. The number of amides is 4. The fraction of sp³-hybridized carbons (Fsp3) is 0.500. The Balaban J connectivity index is 1.04. The number of likely N-dealkylation sites (N-methyl/N-ethyl adjacent to an activating group) is 1. The van der Waals surface area contributed by atoms with E-state index < -0.39 is 6.09 Å². The van der Waals surface area contributed by atoms with Gasteiger partial charge in [0.2, 0.25) is 11.8 Å². The van der Waals surface area contributed by atoms with Crippen LogP contribution in [0.15, 0.2) is 60.8 Å². The number of thiazole rings is 1. The fourth-order valence-electron chi connectivity index (χ4n) is 5.83. The average Bonchev–Trinajstić information content (AvgIpc) is 3.61. The average molecular weight is 720 g/mol. The van der Waals surface area contributed by atoms with Gasteiger partial charge in [0.25, 0.3) is 5.91 Å². The highest BCUT2D eigenvalue weighted by molar-refractivity contribution is 7.17. The second-order valence-electron chi connectivity index (χ2n) is 13.1. The first kappa shape index (κ1) is 39.3. The summed E-state index contributed by atoms with van der Waals surface area (Å²) in [6.07, 6.45) is 6.41. The molecule has 0 unspecified atom stereocenters. The highest BCUT2D eigenvalue weighted by atomic mass is 32.1. The molecule has 0 saturated carbocycles. The number of anilines is 2. The van der Waals surface area contributed by atoms with E-state index in [4.69, 9.17) is 4.74 Å². The van der Waals surface area contributed by atoms with Crippen LogP contribution in [-0.4, -0.2) is 121 Å². The van der Waals surface area contributed by atoms with Gasteiger partial charge in [0.15, 0.2) is 5.13 Å². The molecule has 1 saturated heterocycles. The van der Waals surface area contributed by atoms with Crippen LogP contribution in [0.1, 0.15) is 61.5 Å². The van der Waals surface area contributed by atoms with Gasteiger partial charge in [-0.2, -0.15) is 0 Å². The second kappa shape index (κ2) is 20.4. The van der Waals surface area contributed by atoms with Crippen LogP contribution >= 0.6 is 11.3 Å². The van der Waals surface area contributed by atoms with Crippen molar-refractivity contribution in [1.29, 1.82) is 0 Å². The minimum Gasteiger partial charge on any atom is -0.446 e. The summed E-state index contributed by atoms with van der Waals surface area (Å²) in [5.74, 6) is 0.0846. The molecule has 1 fully saturated rings. The van der Waals surface area contributed by atoms with Crippen LogP contribution in [-0.2, 0) is 14.3 Å². The summed E-state index contributed by atoms with van der Waals surface area (Å²) < 4.78 is 5.76. The van der Waals surface area contributed by atoms with Gasteiger partial charge in [-0.25, -0.2) is 9.78 Å². The van der Waals surface area contributed by atoms with Crippen molar-refractivity contribution in [1.82, 2.24) is 24.6 Å². The Hall–Kier alpha value is -4.49. The standard InChI is InChI=1S/C38H53N7O5S/c1-29(46)42(2)22-13-23-44(4)36(48)34-28-40-37(51-34)39-21-12-6-9-18-35(47)43(3)26-27-45-24-19-31(20-25-45)50-38(49)41-33-17-11-10-16-32(33)30-14-7-5-8-15-30/h5,7-8,10-11,14-17,28,31H,6,9,12-13,18-27H2,1-4H3,(H,39,40)(H,41,49). The van der Waals surface area contributed by atoms with Gasteiger partial charge in [0, 0.05) is 85.9 Å². The number of unbranched alkanes of at least 4 members (excludes halogenated alkanes) is 2. The number of hydrogen-bond acceptors (Lipinski definition) is 9. The molecular weight excluding hydrogens is 667 g/mol. The molecule has 1 aliphatic heterocycles. The molecule has 276 valence electrons. The molecule has 51 heavy (non-hydrogen) atoms. The number of rotatable bonds is 18. The van der Waals surface area contributed by atoms with Gasteiger partial charge < -0.3 is 29.7 Å². The number of benzene rings is 2. The van der Waals surface area contributed by atoms with Crippen LogP contribution in [0.2, 0.25) is 0 Å². The number of nitrogens with one attached hydrogen (secondary N) is 2. The number of ether oxygens (including phenoxy) is 1. The molecule has 3 aromatic rings. The topological polar surface area (TPSA) is 127 Å². The summed E-state index contributed by atoms with van der Waals surface area (Å²) in [5, 5.41) is 6.93. The van der Waals surface area contributed by atoms with E-state index in [-0.39, 0.29) is 23.8 Å². The van der Waals surface area contributed by atoms with E-state index in [9.17, 15) is 19.2 Å². The Bertz CT molecular complexity index is 1560. The highest BCUT2D eigenvalue weighted by Gasteiger charge is 2.23. The lowest BCUT2D eigenvalue weighted by molar-refractivity contribution is -0.130. The van der Waals surface area contributed by atoms with Crippen molar-refractivity contribution in [2.24, 2.45) is 0 Å². The third-order valence-corrected chi connectivity index (χ3v) is 10.1. The van der Waals surface area contributed by atoms with E-state index in [1.54, 1.807) is 30.1 Å². The van der Waals surface area contributed by atoms with Crippen molar-refractivity contribution in [2.75, 3.05) is 77.6 Å². The first-order chi connectivity index (χ1) is 24.6. The number of aromatic nitrogens is 1. The largest absolute Gasteiger partial charge is 0.446 e. The molecule has 0 atom stereocenters. The molecular formula is C38H53N7O5S. The molecule has 1 aliphatic rings. The Kier molecular flexibility index (Phi) is 15.7. The molecule has 0 spiro atoms. The lowest BCUT2D eigenvalue weighted by Crippen LogP contribution is -2.42. The van der Waals surface area contributed by atoms with Crippen LogP contribution < -0.4 is 10.6 Å². The summed E-state index contributed by atoms with van der Waals surface area (Å²) in [6.45, 7) is 6.52. The van der Waals surface area contributed by atoms with E-state index in [1.165, 1.54) is 18.3 Å². The molecule has 1 aromatic heterocycles. The van der Waals surface area contributed by atoms with E-state index in [1.807, 2.05) is 66.5 Å². The highest BCUT2D eigenvalue weighted by Crippen LogP contribution is 2.28. The number of para-hydroxylation sites is 1. The maximum atomic E-state index is 12.7. The molecule has 4 rings (SSSR count). The number of hydrogen-bond donors (Lipinski definition) is 2. The predicted molar refractivity (Wildman–Crippen MR) is 203 cm³/mol. The van der Waals surface area contributed by atoms with Crippen LogP contribution in [0.3, 0.4) is 0 Å². The molecule has 2 N–H and O–H groups in total. The number of likely N-dealkylation sites (tertiary alicyclic amines) is 1. The third-order valence-electron chi connectivity index (χ3n) is 9.17. The monoisotopic (exact) mass is 719 g/mol. The van der Waals surface area contributed by atoms with Gasteiger partial charge >= 0.3 is 6.09 Å². The van der Waals surface area contributed by atoms with E-state index in [2.05, 4.69) is 20.5 Å². The minimum absolute atomic E-state index is 0.0129. The lowest BCUT2D eigenvalue weighted by Gasteiger charge is -2.32. The number of carbonyl (C=O) groups excluding carboxylic acids is 4. The fourth-order valence-corrected chi connectivity index (χ4v) is 6.67. The second-order valence-corrected chi connectivity index (χ2v) is 14.1. The van der Waals surface area contributed by atoms with Crippen molar-refractivity contribution in [3.8, 4) is 11.1 Å². The summed E-state index contributed by atoms with van der Waals surface area (Å²) in [6, 6.07) is 17.7. The normalized spacial score (nSPS) is 13.3. The summed E-state index contributed by atoms with van der Waals surface area (Å²) in [7, 11) is 5.38. The Morgan fingerprint density at radius 3 is 2.31 bits per heavy atom. The summed E-state index contributed by atoms with van der Waals surface area (Å²) in [4.78, 5) is 61.9. The smallest absolute Gasteiger partial charge is 0.411 e. The number of piperidine rings is 1. The first-order valence-corrected chi connectivity index (χ1v) is 18.7. The molecule has 0 aliphatic carbocycles.